The van der Waals surface area contributed by atoms with Gasteiger partial charge in [-0.15, -0.1) is 0 Å². The van der Waals surface area contributed by atoms with E-state index in [1.165, 1.54) is 226 Å². The van der Waals surface area contributed by atoms with Crippen LogP contribution in [0.2, 0.25) is 0 Å². The molecule has 8 bridgehead atoms. The van der Waals surface area contributed by atoms with Gasteiger partial charge in [-0.2, -0.15) is 0 Å². The van der Waals surface area contributed by atoms with Crippen molar-refractivity contribution < 1.29 is 37.9 Å². The number of benzene rings is 4. The molecule has 4 aliphatic heterocycles. The molecule has 0 unspecified atom stereocenters. The van der Waals surface area contributed by atoms with Gasteiger partial charge in [0.25, 0.3) is 0 Å². The van der Waals surface area contributed by atoms with Crippen LogP contribution in [0.3, 0.4) is 0 Å². The van der Waals surface area contributed by atoms with Gasteiger partial charge in [0, 0.05) is 109 Å². The summed E-state index contributed by atoms with van der Waals surface area (Å²) >= 11 is 3.68. The van der Waals surface area contributed by atoms with E-state index in [9.17, 15) is 0 Å². The number of halogens is 1. The number of aromatic nitrogens is 2. The lowest BCUT2D eigenvalue weighted by atomic mass is 9.75. The average molecular weight is 1410 g/mol. The van der Waals surface area contributed by atoms with Gasteiger partial charge in [-0.3, -0.25) is 9.97 Å². The van der Waals surface area contributed by atoms with Gasteiger partial charge < -0.3 is 37.9 Å². The van der Waals surface area contributed by atoms with E-state index in [0.29, 0.717) is 17.1 Å². The van der Waals surface area contributed by atoms with Crippen LogP contribution >= 0.6 is 15.9 Å². The number of unbranched alkanes of at least 4 members (excludes halogenated alkanes) is 32. The van der Waals surface area contributed by atoms with Crippen molar-refractivity contribution in [3.05, 3.63) is 139 Å². The first-order chi connectivity index (χ1) is 48.9. The summed E-state index contributed by atoms with van der Waals surface area (Å²) in [5.41, 5.74) is 12.4. The lowest BCUT2D eigenvalue weighted by Gasteiger charge is -2.35. The summed E-state index contributed by atoms with van der Waals surface area (Å²) in [4.78, 5) is 9.50. The number of pyridine rings is 2. The minimum absolute atomic E-state index is 0.0357. The fourth-order valence-corrected chi connectivity index (χ4v) is 16.6. The van der Waals surface area contributed by atoms with Gasteiger partial charge in [0.15, 0.2) is 0 Å². The highest BCUT2D eigenvalue weighted by atomic mass is 79.9. The summed E-state index contributed by atoms with van der Waals surface area (Å²) < 4.78 is 57.1. The van der Waals surface area contributed by atoms with Crippen LogP contribution in [-0.2, 0) is 0 Å². The largest absolute Gasteiger partial charge is 0.457 e. The van der Waals surface area contributed by atoms with Crippen LogP contribution in [-0.4, -0.2) is 37.1 Å². The maximum absolute atomic E-state index is 7.21. The minimum atomic E-state index is -0.132. The number of hydrogen-bond acceptors (Lipinski definition) is 10. The molecule has 0 saturated heterocycles. The standard InChI is InChI=1S/C88H117BrN2O8/c1-5-9-13-17-21-25-29-33-37-41-66-71-53-72-67(42-38-34-30-26-22-18-14-10-6-2)74-55-76-69(44-40-36-32-28-24-20-16-12-8-4)78-56-77-68(43-39-35-31-27-23-19-15-11-7-3)75-54-73(66)83-58-85(75)96-62-98-87(77)70(46-45-64-47-49-90-79(51-64)80-52-65(89)48-50-91-80)88(78)99-63-97-86(76)59-84(74)95-61-93-82(72)57-81(71)92-60-94-83/h47-59,66-69H,5-44,60-63H2,1-4H3/t66-,67+,68-,69+. The van der Waals surface area contributed by atoms with Crippen LogP contribution in [0, 0.1) is 11.8 Å². The summed E-state index contributed by atoms with van der Waals surface area (Å²) in [6.45, 7) is 9.24. The summed E-state index contributed by atoms with van der Waals surface area (Å²) in [7, 11) is 0. The topological polar surface area (TPSA) is 99.6 Å². The highest BCUT2D eigenvalue weighted by molar-refractivity contribution is 9.10. The third-order valence-corrected chi connectivity index (χ3v) is 22.4. The lowest BCUT2D eigenvalue weighted by molar-refractivity contribution is 0.0982. The van der Waals surface area contributed by atoms with Crippen molar-refractivity contribution in [2.75, 3.05) is 27.2 Å². The Labute approximate surface area is 604 Å². The molecule has 0 amide bonds. The molecule has 6 heterocycles. The maximum Gasteiger partial charge on any atom is 0.230 e. The van der Waals surface area contributed by atoms with Gasteiger partial charge in [0.05, 0.1) is 11.4 Å². The molecule has 99 heavy (non-hydrogen) atoms. The first-order valence-corrected chi connectivity index (χ1v) is 40.6. The monoisotopic (exact) mass is 1410 g/mol. The van der Waals surface area contributed by atoms with Crippen LogP contribution in [0.1, 0.15) is 364 Å². The third-order valence-electron chi connectivity index (χ3n) is 21.9. The molecule has 0 fully saturated rings. The fourth-order valence-electron chi connectivity index (χ4n) is 16.3. The second-order valence-corrected chi connectivity index (χ2v) is 30.1. The number of rotatable bonds is 41. The summed E-state index contributed by atoms with van der Waals surface area (Å²) in [6.07, 6.45) is 52.2. The number of nitrogens with zero attached hydrogens (tertiary/aromatic N) is 2. The zero-order valence-electron chi connectivity index (χ0n) is 61.0. The molecule has 0 saturated carbocycles. The van der Waals surface area contributed by atoms with Crippen LogP contribution in [0.25, 0.3) is 11.4 Å². The third kappa shape index (κ3) is 20.3. The average Bonchev–Trinajstić information content (AvgIpc) is 0.735. The highest BCUT2D eigenvalue weighted by Crippen LogP contribution is 2.56. The van der Waals surface area contributed by atoms with Gasteiger partial charge >= 0.3 is 0 Å². The number of hydrogen-bond donors (Lipinski definition) is 0. The fraction of sp³-hybridized carbons (Fsp3) is 0.591. The first kappa shape index (κ1) is 73.8. The zero-order valence-corrected chi connectivity index (χ0v) is 62.6. The second-order valence-electron chi connectivity index (χ2n) is 29.2. The van der Waals surface area contributed by atoms with Crippen LogP contribution in [0.5, 0.6) is 46.0 Å². The Morgan fingerprint density at radius 2 is 0.576 bits per heavy atom. The molecule has 0 radical (unpaired) electrons. The van der Waals surface area contributed by atoms with Crippen molar-refractivity contribution in [3.63, 3.8) is 0 Å². The Hall–Kier alpha value is -6.38. The molecule has 0 N–H and O–H groups in total. The van der Waals surface area contributed by atoms with E-state index in [1.807, 2.05) is 30.5 Å². The molecule has 2 aromatic heterocycles. The van der Waals surface area contributed by atoms with Gasteiger partial charge in [-0.25, -0.2) is 0 Å². The molecule has 11 rings (SSSR count). The van der Waals surface area contributed by atoms with Crippen LogP contribution < -0.4 is 37.9 Å². The van der Waals surface area contributed by atoms with Crippen LogP contribution in [0.15, 0.2) is 83.6 Å². The molecule has 6 aromatic rings. The lowest BCUT2D eigenvalue weighted by Crippen LogP contribution is -2.23. The Balaban J connectivity index is 1.12. The molecule has 10 nitrogen and oxygen atoms in total. The second kappa shape index (κ2) is 39.7. The van der Waals surface area contributed by atoms with Gasteiger partial charge in [-0.1, -0.05) is 287 Å². The molecule has 0 spiro atoms. The van der Waals surface area contributed by atoms with Crippen LogP contribution in [0.4, 0.5) is 0 Å². The molecule has 1 aliphatic carbocycles. The Kier molecular flexibility index (Phi) is 29.6. The minimum Gasteiger partial charge on any atom is -0.457 e. The summed E-state index contributed by atoms with van der Waals surface area (Å²) in [5.74, 6) is 13.4. The van der Waals surface area contributed by atoms with E-state index in [4.69, 9.17) is 47.9 Å². The maximum atomic E-state index is 7.21. The molecule has 11 heteroatoms. The highest BCUT2D eigenvalue weighted by Gasteiger charge is 2.39. The normalized spacial score (nSPS) is 16.7. The summed E-state index contributed by atoms with van der Waals surface area (Å²) in [5, 5.41) is 0. The molecular weight excluding hydrogens is 1290 g/mol. The van der Waals surface area contributed by atoms with Crippen molar-refractivity contribution in [3.8, 4) is 69.2 Å². The van der Waals surface area contributed by atoms with Crippen molar-refractivity contribution in [1.29, 1.82) is 0 Å². The Morgan fingerprint density at radius 1 is 0.303 bits per heavy atom. The van der Waals surface area contributed by atoms with Crippen molar-refractivity contribution in [2.24, 2.45) is 0 Å². The Morgan fingerprint density at radius 3 is 0.899 bits per heavy atom. The molecule has 534 valence electrons. The quantitative estimate of drug-likeness (QED) is 0.0273. The van der Waals surface area contributed by atoms with E-state index in [1.54, 1.807) is 6.20 Å². The summed E-state index contributed by atoms with van der Waals surface area (Å²) in [6, 6.07) is 24.6. The van der Waals surface area contributed by atoms with E-state index in [2.05, 4.69) is 97.9 Å². The van der Waals surface area contributed by atoms with Gasteiger partial charge in [0.2, 0.25) is 27.2 Å². The van der Waals surface area contributed by atoms with Gasteiger partial charge in [0.1, 0.15) is 51.6 Å². The smallest absolute Gasteiger partial charge is 0.230 e. The predicted molar refractivity (Wildman–Crippen MR) is 406 cm³/mol. The van der Waals surface area contributed by atoms with E-state index < -0.39 is 0 Å². The molecule has 5 aliphatic rings. The van der Waals surface area contributed by atoms with Gasteiger partial charge in [-0.05, 0) is 74.2 Å². The van der Waals surface area contributed by atoms with E-state index >= 15 is 0 Å². The molecular formula is C88H117BrN2O8. The van der Waals surface area contributed by atoms with E-state index in [0.717, 1.165) is 131 Å². The van der Waals surface area contributed by atoms with Crippen molar-refractivity contribution >= 4 is 15.9 Å². The molecule has 4 atom stereocenters. The van der Waals surface area contributed by atoms with Crippen molar-refractivity contribution in [2.45, 2.75) is 308 Å². The van der Waals surface area contributed by atoms with Crippen molar-refractivity contribution in [1.82, 2.24) is 9.97 Å². The zero-order chi connectivity index (χ0) is 68.2. The number of ether oxygens (including phenoxy) is 8. The SMILES string of the molecule is CCCCCCCCCCC[C@@H]1c2cc3c4cc2OCOc2cc5c(cc21)[C@@H](CCCCCCCCCCC)c1cc2c(c(C#Cc6ccnc(-c7cc(Br)ccn7)c6)c1OCO5)OCOc1cc(c(cc1[C@@H]2CCCCCCCCCCC)[C@H]3CCCCCCCCCCC)OCO4. The Bertz CT molecular complexity index is 3380. The predicted octanol–water partition coefficient (Wildman–Crippen LogP) is 25.7. The van der Waals surface area contributed by atoms with E-state index in [-0.39, 0.29) is 50.8 Å². The first-order valence-electron chi connectivity index (χ1n) is 39.8. The molecule has 4 aromatic carbocycles.